The Morgan fingerprint density at radius 3 is 2.56 bits per heavy atom. The number of hydrogen-bond acceptors (Lipinski definition) is 5. The molecule has 2 aromatic carbocycles. The van der Waals surface area contributed by atoms with Crippen molar-refractivity contribution >= 4 is 5.91 Å². The summed E-state index contributed by atoms with van der Waals surface area (Å²) in [5, 5.41) is 0. The van der Waals surface area contributed by atoms with E-state index in [1.54, 1.807) is 6.20 Å². The highest BCUT2D eigenvalue weighted by Gasteiger charge is 2.19. The molecule has 0 bridgehead atoms. The number of fused-ring (bicyclic) bond motifs is 1. The Balaban J connectivity index is 1.41. The number of primary amides is 1. The second-order valence-electron chi connectivity index (χ2n) is 6.55. The second-order valence-corrected chi connectivity index (χ2v) is 6.55. The predicted molar refractivity (Wildman–Crippen MR) is 101 cm³/mol. The molecule has 0 saturated heterocycles. The maximum absolute atomic E-state index is 11.3. The Hall–Kier alpha value is -3.25. The number of aromatic nitrogens is 2. The van der Waals surface area contributed by atoms with Crippen LogP contribution in [0.2, 0.25) is 0 Å². The van der Waals surface area contributed by atoms with Crippen LogP contribution in [-0.4, -0.2) is 27.3 Å². The molecule has 4 rings (SSSR count). The molecule has 0 saturated carbocycles. The van der Waals surface area contributed by atoms with Gasteiger partial charge in [-0.25, -0.2) is 9.97 Å². The van der Waals surface area contributed by atoms with Crippen LogP contribution in [0.3, 0.4) is 0 Å². The molecule has 0 atom stereocenters. The summed E-state index contributed by atoms with van der Waals surface area (Å²) in [4.78, 5) is 21.9. The van der Waals surface area contributed by atoms with Gasteiger partial charge >= 0.3 is 0 Å². The Kier molecular flexibility index (Phi) is 4.80. The van der Waals surface area contributed by atoms with Crippen LogP contribution >= 0.6 is 0 Å². The lowest BCUT2D eigenvalue weighted by Crippen LogP contribution is -2.32. The number of hydrogen-bond donors (Lipinski definition) is 1. The van der Waals surface area contributed by atoms with Gasteiger partial charge in [0.15, 0.2) is 0 Å². The van der Waals surface area contributed by atoms with Gasteiger partial charge in [-0.3, -0.25) is 9.69 Å². The van der Waals surface area contributed by atoms with E-state index in [1.165, 1.54) is 5.56 Å². The first-order valence-electron chi connectivity index (χ1n) is 8.86. The summed E-state index contributed by atoms with van der Waals surface area (Å²) in [5.41, 5.74) is 8.45. The van der Waals surface area contributed by atoms with E-state index in [4.69, 9.17) is 10.5 Å². The number of carbonyl (C=O) groups is 1. The first-order chi connectivity index (χ1) is 13.2. The molecule has 27 heavy (non-hydrogen) atoms. The maximum atomic E-state index is 11.3. The minimum Gasteiger partial charge on any atom is -0.457 e. The lowest BCUT2D eigenvalue weighted by Gasteiger charge is -2.27. The van der Waals surface area contributed by atoms with Gasteiger partial charge in [0.1, 0.15) is 11.5 Å². The van der Waals surface area contributed by atoms with E-state index in [0.29, 0.717) is 6.54 Å². The van der Waals surface area contributed by atoms with E-state index in [-0.39, 0.29) is 5.82 Å². The van der Waals surface area contributed by atoms with E-state index < -0.39 is 5.91 Å². The number of benzene rings is 2. The van der Waals surface area contributed by atoms with Gasteiger partial charge in [-0.05, 0) is 41.8 Å². The molecule has 1 aliphatic heterocycles. The first kappa shape index (κ1) is 17.2. The molecule has 0 fully saturated rings. The summed E-state index contributed by atoms with van der Waals surface area (Å²) in [6.45, 7) is 2.41. The van der Waals surface area contributed by atoms with E-state index >= 15 is 0 Å². The van der Waals surface area contributed by atoms with Gasteiger partial charge < -0.3 is 10.5 Å². The van der Waals surface area contributed by atoms with Crippen molar-refractivity contribution in [3.8, 4) is 11.5 Å². The lowest BCUT2D eigenvalue weighted by molar-refractivity contribution is 0.0989. The van der Waals surface area contributed by atoms with Crippen LogP contribution in [0, 0.1) is 0 Å². The van der Waals surface area contributed by atoms with Crippen molar-refractivity contribution in [1.82, 2.24) is 14.9 Å². The van der Waals surface area contributed by atoms with Crippen LogP contribution in [0.25, 0.3) is 0 Å². The molecule has 2 heterocycles. The summed E-state index contributed by atoms with van der Waals surface area (Å²) in [7, 11) is 0. The summed E-state index contributed by atoms with van der Waals surface area (Å²) in [5.74, 6) is 1.12. The average molecular weight is 360 g/mol. The lowest BCUT2D eigenvalue weighted by atomic mass is 10.1. The highest BCUT2D eigenvalue weighted by molar-refractivity contribution is 5.88. The van der Waals surface area contributed by atoms with Crippen molar-refractivity contribution in [2.75, 3.05) is 6.54 Å². The number of rotatable bonds is 5. The topological polar surface area (TPSA) is 81.3 Å². The monoisotopic (exact) mass is 360 g/mol. The van der Waals surface area contributed by atoms with Crippen LogP contribution in [0.15, 0.2) is 60.8 Å². The van der Waals surface area contributed by atoms with Crippen molar-refractivity contribution in [1.29, 1.82) is 0 Å². The Labute approximate surface area is 157 Å². The molecule has 6 heteroatoms. The first-order valence-corrected chi connectivity index (χ1v) is 8.86. The minimum atomic E-state index is -0.594. The molecular formula is C21H20N4O2. The minimum absolute atomic E-state index is 0.0815. The summed E-state index contributed by atoms with van der Waals surface area (Å²) >= 11 is 0. The molecule has 0 aliphatic carbocycles. The molecule has 3 aromatic rings. The SMILES string of the molecule is NC(=O)c1ncc2c(n1)CN(Cc1ccc(Oc3ccccc3)cc1)CC2. The second kappa shape index (κ2) is 7.55. The zero-order valence-electron chi connectivity index (χ0n) is 14.8. The summed E-state index contributed by atoms with van der Waals surface area (Å²) in [6.07, 6.45) is 2.58. The fourth-order valence-corrected chi connectivity index (χ4v) is 3.16. The normalized spacial score (nSPS) is 13.8. The van der Waals surface area contributed by atoms with Crippen LogP contribution in [0.4, 0.5) is 0 Å². The molecule has 6 nitrogen and oxygen atoms in total. The zero-order chi connectivity index (χ0) is 18.6. The molecule has 1 amide bonds. The van der Waals surface area contributed by atoms with Gasteiger partial charge in [0, 0.05) is 25.8 Å². The van der Waals surface area contributed by atoms with Crippen LogP contribution in [0.1, 0.15) is 27.4 Å². The highest BCUT2D eigenvalue weighted by atomic mass is 16.5. The third-order valence-electron chi connectivity index (χ3n) is 4.55. The predicted octanol–water partition coefficient (Wildman–Crippen LogP) is 2.93. The standard InChI is InChI=1S/C21H20N4O2/c22-20(26)21-23-12-16-10-11-25(14-19(16)24-21)13-15-6-8-18(9-7-15)27-17-4-2-1-3-5-17/h1-9,12H,10-11,13-14H2,(H2,22,26). The smallest absolute Gasteiger partial charge is 0.286 e. The third kappa shape index (κ3) is 4.12. The molecule has 1 aromatic heterocycles. The molecule has 0 radical (unpaired) electrons. The number of para-hydroxylation sites is 1. The number of nitrogens with two attached hydrogens (primary N) is 1. The number of carbonyl (C=O) groups excluding carboxylic acids is 1. The Morgan fingerprint density at radius 2 is 1.81 bits per heavy atom. The van der Waals surface area contributed by atoms with E-state index in [1.807, 2.05) is 42.5 Å². The number of amides is 1. The molecule has 0 spiro atoms. The van der Waals surface area contributed by atoms with Gasteiger partial charge in [0.05, 0.1) is 5.69 Å². The maximum Gasteiger partial charge on any atom is 0.286 e. The quantitative estimate of drug-likeness (QED) is 0.757. The van der Waals surface area contributed by atoms with Gasteiger partial charge in [0.2, 0.25) is 5.82 Å². The van der Waals surface area contributed by atoms with Gasteiger partial charge in [-0.2, -0.15) is 0 Å². The molecule has 2 N–H and O–H groups in total. The molecular weight excluding hydrogens is 340 g/mol. The average Bonchev–Trinajstić information content (AvgIpc) is 2.70. The summed E-state index contributed by atoms with van der Waals surface area (Å²) in [6, 6.07) is 17.8. The Bertz CT molecular complexity index is 942. The van der Waals surface area contributed by atoms with Crippen LogP contribution in [-0.2, 0) is 19.5 Å². The number of nitrogens with zero attached hydrogens (tertiary/aromatic N) is 3. The highest BCUT2D eigenvalue weighted by Crippen LogP contribution is 2.23. The Morgan fingerprint density at radius 1 is 1.07 bits per heavy atom. The zero-order valence-corrected chi connectivity index (χ0v) is 14.8. The van der Waals surface area contributed by atoms with Crippen molar-refractivity contribution in [3.63, 3.8) is 0 Å². The largest absolute Gasteiger partial charge is 0.457 e. The van der Waals surface area contributed by atoms with Gasteiger partial charge in [-0.1, -0.05) is 30.3 Å². The summed E-state index contributed by atoms with van der Waals surface area (Å²) < 4.78 is 5.83. The molecule has 1 aliphatic rings. The van der Waals surface area contributed by atoms with E-state index in [0.717, 1.165) is 42.3 Å². The van der Waals surface area contributed by atoms with Crippen LogP contribution in [0.5, 0.6) is 11.5 Å². The van der Waals surface area contributed by atoms with Crippen LogP contribution < -0.4 is 10.5 Å². The molecule has 0 unspecified atom stereocenters. The van der Waals surface area contributed by atoms with Gasteiger partial charge in [-0.15, -0.1) is 0 Å². The van der Waals surface area contributed by atoms with Crippen molar-refractivity contribution in [2.24, 2.45) is 5.73 Å². The van der Waals surface area contributed by atoms with E-state index in [9.17, 15) is 4.79 Å². The number of ether oxygens (including phenoxy) is 1. The van der Waals surface area contributed by atoms with Crippen molar-refractivity contribution in [3.05, 3.63) is 83.4 Å². The van der Waals surface area contributed by atoms with E-state index in [2.05, 4.69) is 27.0 Å². The third-order valence-corrected chi connectivity index (χ3v) is 4.55. The molecule has 136 valence electrons. The fraction of sp³-hybridized carbons (Fsp3) is 0.190. The van der Waals surface area contributed by atoms with Gasteiger partial charge in [0.25, 0.3) is 5.91 Å². The van der Waals surface area contributed by atoms with Crippen molar-refractivity contribution in [2.45, 2.75) is 19.5 Å². The van der Waals surface area contributed by atoms with Crippen molar-refractivity contribution < 1.29 is 9.53 Å². The fourth-order valence-electron chi connectivity index (χ4n) is 3.16.